The zero-order chi connectivity index (χ0) is 18.8. The Balaban J connectivity index is 2.26. The summed E-state index contributed by atoms with van der Waals surface area (Å²) in [6.07, 6.45) is 8.47. The second-order valence-corrected chi connectivity index (χ2v) is 12.3. The molecule has 0 saturated carbocycles. The molecule has 0 amide bonds. The molecular weight excluding hydrogens is 322 g/mol. The summed E-state index contributed by atoms with van der Waals surface area (Å²) < 4.78 is 0. The van der Waals surface area contributed by atoms with Gasteiger partial charge in [-0.15, -0.1) is 0 Å². The minimum absolute atomic E-state index is 0.425. The van der Waals surface area contributed by atoms with Crippen molar-refractivity contribution in [2.45, 2.75) is 66.1 Å². The van der Waals surface area contributed by atoms with Crippen molar-refractivity contribution in [3.63, 3.8) is 0 Å². The summed E-state index contributed by atoms with van der Waals surface area (Å²) >= 11 is 0. The molecular formula is C23H37NS. The Hall–Kier alpha value is -1.02. The summed E-state index contributed by atoms with van der Waals surface area (Å²) in [5.41, 5.74) is 6.44. The molecule has 0 saturated heterocycles. The van der Waals surface area contributed by atoms with Gasteiger partial charge in [0.2, 0.25) is 0 Å². The highest BCUT2D eigenvalue weighted by Crippen LogP contribution is 2.69. The third-order valence-corrected chi connectivity index (χ3v) is 10.7. The first-order valence-corrected chi connectivity index (χ1v) is 11.9. The highest BCUT2D eigenvalue weighted by Gasteiger charge is 2.44. The van der Waals surface area contributed by atoms with Gasteiger partial charge in [-0.05, 0) is 73.3 Å². The maximum Gasteiger partial charge on any atom is 0.0330 e. The van der Waals surface area contributed by atoms with Gasteiger partial charge in [-0.3, -0.25) is 4.99 Å². The van der Waals surface area contributed by atoms with E-state index in [-0.39, 0.29) is 0 Å². The fraction of sp³-hybridized carbons (Fsp3) is 0.609. The zero-order valence-corrected chi connectivity index (χ0v) is 18.4. The van der Waals surface area contributed by atoms with E-state index >= 15 is 0 Å². The van der Waals surface area contributed by atoms with Crippen LogP contribution in [0.1, 0.15) is 57.2 Å². The van der Waals surface area contributed by atoms with Gasteiger partial charge in [0.05, 0.1) is 0 Å². The van der Waals surface area contributed by atoms with Gasteiger partial charge in [-0.25, -0.2) is 10.0 Å². The molecule has 0 aliphatic carbocycles. The van der Waals surface area contributed by atoms with Crippen molar-refractivity contribution in [2.24, 2.45) is 10.4 Å². The molecule has 1 aromatic carbocycles. The van der Waals surface area contributed by atoms with Crippen molar-refractivity contribution in [2.75, 3.05) is 19.1 Å². The lowest BCUT2D eigenvalue weighted by Gasteiger charge is -2.56. The minimum Gasteiger partial charge on any atom is -0.295 e. The lowest BCUT2D eigenvalue weighted by Crippen LogP contribution is -2.38. The molecule has 0 spiro atoms. The maximum absolute atomic E-state index is 4.38. The van der Waals surface area contributed by atoms with Crippen LogP contribution in [0.3, 0.4) is 0 Å². The van der Waals surface area contributed by atoms with Gasteiger partial charge < -0.3 is 0 Å². The number of nitrogens with zero attached hydrogens (tertiary/aromatic N) is 1. The molecule has 0 aromatic heterocycles. The van der Waals surface area contributed by atoms with E-state index in [9.17, 15) is 0 Å². The Labute approximate surface area is 157 Å². The van der Waals surface area contributed by atoms with Crippen molar-refractivity contribution >= 4 is 16.2 Å². The van der Waals surface area contributed by atoms with Crippen LogP contribution in [-0.4, -0.2) is 30.5 Å². The van der Waals surface area contributed by atoms with Crippen molar-refractivity contribution in [1.82, 2.24) is 0 Å². The van der Waals surface area contributed by atoms with Gasteiger partial charge in [0.15, 0.2) is 0 Å². The lowest BCUT2D eigenvalue weighted by atomic mass is 9.83. The van der Waals surface area contributed by atoms with Crippen LogP contribution >= 0.6 is 10.0 Å². The third-order valence-electron chi connectivity index (χ3n) is 6.46. The van der Waals surface area contributed by atoms with E-state index in [1.165, 1.54) is 41.7 Å². The van der Waals surface area contributed by atoms with E-state index in [1.54, 1.807) is 10.5 Å². The van der Waals surface area contributed by atoms with E-state index in [4.69, 9.17) is 0 Å². The predicted molar refractivity (Wildman–Crippen MR) is 118 cm³/mol. The van der Waals surface area contributed by atoms with Gasteiger partial charge in [0, 0.05) is 23.4 Å². The van der Waals surface area contributed by atoms with Gasteiger partial charge in [0.25, 0.3) is 0 Å². The van der Waals surface area contributed by atoms with Crippen LogP contribution in [0, 0.1) is 19.3 Å². The summed E-state index contributed by atoms with van der Waals surface area (Å²) in [7, 11) is 1.14. The van der Waals surface area contributed by atoms with Crippen molar-refractivity contribution in [1.29, 1.82) is 0 Å². The normalized spacial score (nSPS) is 26.6. The molecule has 2 atom stereocenters. The summed E-state index contributed by atoms with van der Waals surface area (Å²) in [4.78, 5) is 5.95. The Morgan fingerprint density at radius 3 is 2.48 bits per heavy atom. The monoisotopic (exact) mass is 359 g/mol. The highest BCUT2D eigenvalue weighted by molar-refractivity contribution is 8.38. The second kappa shape index (κ2) is 7.70. The smallest absolute Gasteiger partial charge is 0.0330 e. The third kappa shape index (κ3) is 4.05. The molecule has 2 unspecified atom stereocenters. The predicted octanol–water partition coefficient (Wildman–Crippen LogP) is 6.46. The van der Waals surface area contributed by atoms with E-state index in [0.717, 1.165) is 5.25 Å². The standard InChI is InChI=1S/C23H37NS/c1-9-23(5,6)15-21-19(4)22(16-24-7)25(21,8)14-13-20-12-10-11-17(2)18(20)3/h10-12,16,21H,9,13-15H2,1-8H3. The number of allylic oxidation sites excluding steroid dienone is 1. The molecule has 0 N–H and O–H groups in total. The van der Waals surface area contributed by atoms with E-state index in [2.05, 4.69) is 77.2 Å². The fourth-order valence-electron chi connectivity index (χ4n) is 3.99. The first-order valence-electron chi connectivity index (χ1n) is 9.59. The van der Waals surface area contributed by atoms with Crippen molar-refractivity contribution in [3.8, 4) is 0 Å². The van der Waals surface area contributed by atoms with E-state index in [1.807, 2.05) is 7.05 Å². The second-order valence-electron chi connectivity index (χ2n) is 8.62. The van der Waals surface area contributed by atoms with Crippen LogP contribution in [-0.2, 0) is 6.42 Å². The van der Waals surface area contributed by atoms with Crippen LogP contribution in [0.5, 0.6) is 0 Å². The van der Waals surface area contributed by atoms with E-state index < -0.39 is 10.0 Å². The molecule has 1 heterocycles. The van der Waals surface area contributed by atoms with Gasteiger partial charge in [-0.1, -0.05) is 45.4 Å². The van der Waals surface area contributed by atoms with Crippen LogP contribution in [0.25, 0.3) is 0 Å². The largest absolute Gasteiger partial charge is 0.295 e. The van der Waals surface area contributed by atoms with Crippen LogP contribution < -0.4 is 0 Å². The molecule has 2 rings (SSSR count). The van der Waals surface area contributed by atoms with Crippen LogP contribution in [0.15, 0.2) is 33.7 Å². The Bertz CT molecular complexity index is 683. The van der Waals surface area contributed by atoms with Crippen LogP contribution in [0.2, 0.25) is 0 Å². The number of hydrogen-bond acceptors (Lipinski definition) is 1. The summed E-state index contributed by atoms with van der Waals surface area (Å²) in [5, 5.41) is 0.764. The number of rotatable bonds is 7. The molecule has 1 aliphatic rings. The number of aliphatic imine (C=N–C) groups is 1. The van der Waals surface area contributed by atoms with Crippen molar-refractivity contribution in [3.05, 3.63) is 45.4 Å². The summed E-state index contributed by atoms with van der Waals surface area (Å²) in [6.45, 7) is 14.0. The minimum atomic E-state index is -0.773. The average molecular weight is 360 g/mol. The highest BCUT2D eigenvalue weighted by atomic mass is 32.3. The van der Waals surface area contributed by atoms with Gasteiger partial charge >= 0.3 is 0 Å². The summed E-state index contributed by atoms with van der Waals surface area (Å²) in [5.74, 6) is 1.29. The first kappa shape index (κ1) is 20.3. The lowest BCUT2D eigenvalue weighted by molar-refractivity contribution is 0.323. The zero-order valence-electron chi connectivity index (χ0n) is 17.6. The van der Waals surface area contributed by atoms with Crippen molar-refractivity contribution < 1.29 is 0 Å². The molecule has 1 nitrogen and oxygen atoms in total. The molecule has 0 bridgehead atoms. The molecule has 2 heteroatoms. The average Bonchev–Trinajstić information content (AvgIpc) is 2.58. The van der Waals surface area contributed by atoms with Crippen LogP contribution in [0.4, 0.5) is 0 Å². The molecule has 25 heavy (non-hydrogen) atoms. The SMILES string of the molecule is CCC(C)(C)CC1C(C)=C(C=NC)S1(C)CCc1cccc(C)c1C. The molecule has 0 radical (unpaired) electrons. The maximum atomic E-state index is 4.38. The number of benzene rings is 1. The molecule has 140 valence electrons. The quantitative estimate of drug-likeness (QED) is 0.495. The Kier molecular flexibility index (Phi) is 6.25. The molecule has 0 fully saturated rings. The Morgan fingerprint density at radius 2 is 1.88 bits per heavy atom. The number of aryl methyl sites for hydroxylation is 2. The Morgan fingerprint density at radius 1 is 1.20 bits per heavy atom. The topological polar surface area (TPSA) is 12.4 Å². The molecule has 1 aliphatic heterocycles. The number of hydrogen-bond donors (Lipinski definition) is 0. The van der Waals surface area contributed by atoms with Gasteiger partial charge in [-0.2, -0.15) is 0 Å². The fourth-order valence-corrected chi connectivity index (χ4v) is 8.21. The first-order chi connectivity index (χ1) is 11.7. The van der Waals surface area contributed by atoms with Gasteiger partial charge in [0.1, 0.15) is 0 Å². The molecule has 1 aromatic rings. The van der Waals surface area contributed by atoms with E-state index in [0.29, 0.717) is 5.41 Å². The summed E-state index contributed by atoms with van der Waals surface area (Å²) in [6, 6.07) is 6.75.